The van der Waals surface area contributed by atoms with E-state index in [1.165, 1.54) is 93.2 Å². The lowest BCUT2D eigenvalue weighted by atomic mass is 9.84. The van der Waals surface area contributed by atoms with Gasteiger partial charge in [0, 0.05) is 11.1 Å². The lowest BCUT2D eigenvalue weighted by molar-refractivity contribution is 1.32. The van der Waals surface area contributed by atoms with E-state index in [2.05, 4.69) is 243 Å². The van der Waals surface area contributed by atoms with Gasteiger partial charge in [0.05, 0.1) is 11.4 Å². The zero-order chi connectivity index (χ0) is 42.4. The summed E-state index contributed by atoms with van der Waals surface area (Å²) in [6.07, 6.45) is 0. The lowest BCUT2D eigenvalue weighted by Gasteiger charge is -2.19. The third kappa shape index (κ3) is 6.81. The van der Waals surface area contributed by atoms with Crippen LogP contribution in [0.3, 0.4) is 0 Å². The summed E-state index contributed by atoms with van der Waals surface area (Å²) in [4.78, 5) is 5.16. The molecule has 0 unspecified atom stereocenters. The summed E-state index contributed by atoms with van der Waals surface area (Å²) >= 11 is 0. The van der Waals surface area contributed by atoms with Crippen molar-refractivity contribution in [3.63, 3.8) is 0 Å². The van der Waals surface area contributed by atoms with Crippen LogP contribution in [0.4, 0.5) is 0 Å². The molecule has 0 aliphatic rings. The summed E-state index contributed by atoms with van der Waals surface area (Å²) in [7, 11) is 0. The number of rotatable bonds is 7. The maximum Gasteiger partial charge on any atom is 0.0715 e. The Bertz CT molecular complexity index is 3620. The Hall–Kier alpha value is -8.39. The topological polar surface area (TPSA) is 12.9 Å². The fraction of sp³-hybridized carbons (Fsp3) is 0. The highest BCUT2D eigenvalue weighted by Gasteiger charge is 2.19. The molecule has 0 radical (unpaired) electrons. The Morgan fingerprint density at radius 3 is 1.09 bits per heavy atom. The molecule has 0 bridgehead atoms. The third-order valence-corrected chi connectivity index (χ3v) is 12.8. The molecule has 0 N–H and O–H groups in total. The molecule has 0 aliphatic carbocycles. The van der Waals surface area contributed by atoms with Crippen molar-refractivity contribution in [2.24, 2.45) is 0 Å². The molecular weight excluding hydrogens is 771 g/mol. The van der Waals surface area contributed by atoms with Crippen molar-refractivity contribution < 1.29 is 0 Å². The van der Waals surface area contributed by atoms with Gasteiger partial charge in [-0.3, -0.25) is 0 Å². The van der Waals surface area contributed by atoms with E-state index in [-0.39, 0.29) is 0 Å². The van der Waals surface area contributed by atoms with Gasteiger partial charge in [0.2, 0.25) is 0 Å². The van der Waals surface area contributed by atoms with Gasteiger partial charge in [0.25, 0.3) is 0 Å². The van der Waals surface area contributed by atoms with Crippen LogP contribution in [0.15, 0.2) is 249 Å². The van der Waals surface area contributed by atoms with Gasteiger partial charge >= 0.3 is 0 Å². The van der Waals surface area contributed by atoms with Gasteiger partial charge in [0.15, 0.2) is 0 Å². The van der Waals surface area contributed by atoms with Crippen molar-refractivity contribution in [3.05, 3.63) is 249 Å². The second-order valence-electron chi connectivity index (χ2n) is 16.7. The van der Waals surface area contributed by atoms with Gasteiger partial charge in [-0.25, -0.2) is 4.98 Å². The number of fused-ring (bicyclic) bond motifs is 4. The molecule has 12 rings (SSSR count). The van der Waals surface area contributed by atoms with E-state index >= 15 is 0 Å². The fourth-order valence-corrected chi connectivity index (χ4v) is 9.59. The molecule has 0 saturated carbocycles. The van der Waals surface area contributed by atoms with Gasteiger partial charge in [-0.05, 0) is 129 Å². The number of hydrogen-bond donors (Lipinski definition) is 0. The van der Waals surface area contributed by atoms with E-state index in [1.807, 2.05) is 6.07 Å². The smallest absolute Gasteiger partial charge is 0.0715 e. The molecule has 1 nitrogen and oxygen atoms in total. The third-order valence-electron chi connectivity index (χ3n) is 12.8. The minimum absolute atomic E-state index is 0.956. The Morgan fingerprint density at radius 1 is 0.188 bits per heavy atom. The Morgan fingerprint density at radius 2 is 0.547 bits per heavy atom. The van der Waals surface area contributed by atoms with Gasteiger partial charge in [-0.15, -0.1) is 0 Å². The first-order valence-corrected chi connectivity index (χ1v) is 22.0. The van der Waals surface area contributed by atoms with Crippen LogP contribution in [0.25, 0.3) is 121 Å². The molecule has 298 valence electrons. The molecule has 0 amide bonds. The first kappa shape index (κ1) is 37.4. The maximum absolute atomic E-state index is 5.16. The Balaban J connectivity index is 0.945. The zero-order valence-corrected chi connectivity index (χ0v) is 35.1. The first-order valence-electron chi connectivity index (χ1n) is 22.0. The molecule has 0 atom stereocenters. The summed E-state index contributed by atoms with van der Waals surface area (Å²) < 4.78 is 0. The second kappa shape index (κ2) is 15.8. The van der Waals surface area contributed by atoms with Crippen molar-refractivity contribution >= 4 is 43.1 Å². The van der Waals surface area contributed by atoms with Crippen LogP contribution < -0.4 is 0 Å². The quantitative estimate of drug-likeness (QED) is 0.146. The van der Waals surface area contributed by atoms with Gasteiger partial charge < -0.3 is 0 Å². The van der Waals surface area contributed by atoms with Crippen LogP contribution in [0, 0.1) is 0 Å². The maximum atomic E-state index is 5.16. The minimum atomic E-state index is 0.956. The van der Waals surface area contributed by atoms with E-state index in [0.29, 0.717) is 0 Å². The second-order valence-corrected chi connectivity index (χ2v) is 16.7. The van der Waals surface area contributed by atoms with E-state index in [1.54, 1.807) is 0 Å². The summed E-state index contributed by atoms with van der Waals surface area (Å²) in [5, 5.41) is 9.98. The molecule has 0 saturated heterocycles. The average Bonchev–Trinajstić information content (AvgIpc) is 3.38. The summed E-state index contributed by atoms with van der Waals surface area (Å²) in [6, 6.07) is 90.4. The summed E-state index contributed by atoms with van der Waals surface area (Å²) in [5.74, 6) is 0. The highest BCUT2D eigenvalue weighted by Crippen LogP contribution is 2.46. The standard InChI is InChI=1S/C63H41N/c1-3-13-42(14-4-1)55-40-60(48-17-5-2-6-18-48)64-61(41-55)49-31-27-46(28-32-49)45-23-25-47(26-24-45)52-35-36-58-59(39-52)63(54-34-30-44-16-8-10-20-51(44)38-54)57-22-12-11-21-56(57)62(58)53-33-29-43-15-7-9-19-50(43)37-53/h1-41H. The number of pyridine rings is 1. The molecule has 0 fully saturated rings. The highest BCUT2D eigenvalue weighted by atomic mass is 14.7. The Labute approximate surface area is 373 Å². The predicted octanol–water partition coefficient (Wildman–Crippen LogP) is 17.4. The molecular formula is C63H41N. The molecule has 1 aromatic heterocycles. The van der Waals surface area contributed by atoms with E-state index in [4.69, 9.17) is 4.98 Å². The van der Waals surface area contributed by atoms with Crippen molar-refractivity contribution in [2.45, 2.75) is 0 Å². The van der Waals surface area contributed by atoms with Crippen LogP contribution in [0.2, 0.25) is 0 Å². The van der Waals surface area contributed by atoms with Crippen LogP contribution >= 0.6 is 0 Å². The molecule has 1 heteroatoms. The van der Waals surface area contributed by atoms with E-state index in [9.17, 15) is 0 Å². The van der Waals surface area contributed by atoms with Crippen LogP contribution in [-0.2, 0) is 0 Å². The number of aromatic nitrogens is 1. The predicted molar refractivity (Wildman–Crippen MR) is 272 cm³/mol. The van der Waals surface area contributed by atoms with Crippen molar-refractivity contribution in [1.82, 2.24) is 4.98 Å². The van der Waals surface area contributed by atoms with Crippen molar-refractivity contribution in [2.75, 3.05) is 0 Å². The van der Waals surface area contributed by atoms with Crippen LogP contribution in [0.5, 0.6) is 0 Å². The zero-order valence-electron chi connectivity index (χ0n) is 35.1. The number of nitrogens with zero attached hydrogens (tertiary/aromatic N) is 1. The van der Waals surface area contributed by atoms with Gasteiger partial charge in [0.1, 0.15) is 0 Å². The van der Waals surface area contributed by atoms with Crippen molar-refractivity contribution in [3.8, 4) is 78.1 Å². The normalized spacial score (nSPS) is 11.4. The number of hydrogen-bond acceptors (Lipinski definition) is 1. The molecule has 64 heavy (non-hydrogen) atoms. The van der Waals surface area contributed by atoms with Crippen LogP contribution in [0.1, 0.15) is 0 Å². The van der Waals surface area contributed by atoms with Gasteiger partial charge in [-0.1, -0.05) is 218 Å². The molecule has 0 aliphatic heterocycles. The summed E-state index contributed by atoms with van der Waals surface area (Å²) in [5.41, 5.74) is 16.1. The van der Waals surface area contributed by atoms with E-state index in [0.717, 1.165) is 28.1 Å². The largest absolute Gasteiger partial charge is 0.248 e. The lowest BCUT2D eigenvalue weighted by Crippen LogP contribution is -1.92. The number of benzene rings is 11. The molecule has 11 aromatic carbocycles. The first-order chi connectivity index (χ1) is 31.7. The Kier molecular flexibility index (Phi) is 9.24. The minimum Gasteiger partial charge on any atom is -0.248 e. The molecule has 12 aromatic rings. The molecule has 0 spiro atoms. The van der Waals surface area contributed by atoms with Crippen LogP contribution in [-0.4, -0.2) is 4.98 Å². The van der Waals surface area contributed by atoms with Crippen molar-refractivity contribution in [1.29, 1.82) is 0 Å². The highest BCUT2D eigenvalue weighted by molar-refractivity contribution is 6.22. The van der Waals surface area contributed by atoms with Gasteiger partial charge in [-0.2, -0.15) is 0 Å². The fourth-order valence-electron chi connectivity index (χ4n) is 9.59. The molecule has 1 heterocycles. The SMILES string of the molecule is c1ccc(-c2cc(-c3ccccc3)nc(-c3ccc(-c4ccc(-c5ccc6c(-c7ccc8ccccc8c7)c7ccccc7c(-c7ccc8ccccc8c7)c6c5)cc4)cc3)c2)cc1. The monoisotopic (exact) mass is 811 g/mol. The average molecular weight is 812 g/mol. The summed E-state index contributed by atoms with van der Waals surface area (Å²) in [6.45, 7) is 0. The van der Waals surface area contributed by atoms with E-state index < -0.39 is 0 Å².